The monoisotopic (exact) mass is 299 g/mol. The van der Waals surface area contributed by atoms with Gasteiger partial charge in [-0.05, 0) is 13.0 Å². The normalized spacial score (nSPS) is 11.0. The van der Waals surface area contributed by atoms with Gasteiger partial charge in [-0.1, -0.05) is 23.8 Å². The molecule has 0 heterocycles. The van der Waals surface area contributed by atoms with Crippen molar-refractivity contribution >= 4 is 11.6 Å². The van der Waals surface area contributed by atoms with Crippen molar-refractivity contribution in [2.75, 3.05) is 34.0 Å². The van der Waals surface area contributed by atoms with Gasteiger partial charge < -0.3 is 19.5 Å². The van der Waals surface area contributed by atoms with Crippen molar-refractivity contribution in [2.45, 2.75) is 13.5 Å². The van der Waals surface area contributed by atoms with Crippen molar-refractivity contribution in [3.63, 3.8) is 0 Å². The Morgan fingerprint density at radius 2 is 2.10 bits per heavy atom. The van der Waals surface area contributed by atoms with Crippen molar-refractivity contribution in [3.8, 4) is 11.5 Å². The van der Waals surface area contributed by atoms with Crippen LogP contribution in [0.25, 0.3) is 0 Å². The molecule has 0 aliphatic heterocycles. The maximum Gasteiger partial charge on any atom is 0.166 e. The molecule has 4 nitrogen and oxygen atoms in total. The number of hydrogen-bond donors (Lipinski definition) is 1. The van der Waals surface area contributed by atoms with Crippen molar-refractivity contribution in [3.05, 3.63) is 34.9 Å². The van der Waals surface area contributed by atoms with E-state index < -0.39 is 0 Å². The summed E-state index contributed by atoms with van der Waals surface area (Å²) < 4.78 is 16.1. The molecular weight excluding hydrogens is 278 g/mol. The van der Waals surface area contributed by atoms with Crippen LogP contribution in [0.5, 0.6) is 11.5 Å². The minimum Gasteiger partial charge on any atom is -0.493 e. The predicted molar refractivity (Wildman–Crippen MR) is 81.9 cm³/mol. The number of ether oxygens (including phenoxy) is 3. The summed E-state index contributed by atoms with van der Waals surface area (Å²) in [5.74, 6) is 1.37. The largest absolute Gasteiger partial charge is 0.493 e. The second-order valence-electron chi connectivity index (χ2n) is 4.15. The summed E-state index contributed by atoms with van der Waals surface area (Å²) in [5, 5.41) is 3.90. The third-order valence-electron chi connectivity index (χ3n) is 2.67. The van der Waals surface area contributed by atoms with Crippen molar-refractivity contribution in [1.82, 2.24) is 5.32 Å². The average molecular weight is 300 g/mol. The Labute approximate surface area is 125 Å². The number of rotatable bonds is 9. The molecule has 0 bridgehead atoms. The zero-order chi connectivity index (χ0) is 14.8. The van der Waals surface area contributed by atoms with Gasteiger partial charge >= 0.3 is 0 Å². The fourth-order valence-corrected chi connectivity index (χ4v) is 1.93. The first kappa shape index (κ1) is 16.8. The first-order valence-corrected chi connectivity index (χ1v) is 6.90. The summed E-state index contributed by atoms with van der Waals surface area (Å²) in [4.78, 5) is 0. The molecule has 0 radical (unpaired) electrons. The average Bonchev–Trinajstić information content (AvgIpc) is 2.45. The molecule has 0 spiro atoms. The Balaban J connectivity index is 2.84. The summed E-state index contributed by atoms with van der Waals surface area (Å²) in [6, 6.07) is 3.64. The van der Waals surface area contributed by atoms with Gasteiger partial charge in [-0.3, -0.25) is 0 Å². The Kier molecular flexibility index (Phi) is 8.11. The summed E-state index contributed by atoms with van der Waals surface area (Å²) in [6.07, 6.45) is 3.88. The van der Waals surface area contributed by atoms with E-state index in [9.17, 15) is 0 Å². The van der Waals surface area contributed by atoms with Crippen LogP contribution >= 0.6 is 11.6 Å². The molecular formula is C15H22ClNO3. The highest BCUT2D eigenvalue weighted by molar-refractivity contribution is 6.30. The van der Waals surface area contributed by atoms with Crippen LogP contribution in [0.2, 0.25) is 5.02 Å². The Bertz CT molecular complexity index is 435. The van der Waals surface area contributed by atoms with Crippen LogP contribution in [-0.4, -0.2) is 34.0 Å². The van der Waals surface area contributed by atoms with Crippen LogP contribution in [0, 0.1) is 0 Å². The molecule has 1 aromatic rings. The third kappa shape index (κ3) is 5.41. The van der Waals surface area contributed by atoms with Crippen LogP contribution in [0.3, 0.4) is 0 Å². The van der Waals surface area contributed by atoms with Crippen LogP contribution in [-0.2, 0) is 11.3 Å². The molecule has 1 aromatic carbocycles. The van der Waals surface area contributed by atoms with E-state index in [0.717, 1.165) is 17.9 Å². The standard InChI is InChI=1S/C15H22ClNO3/c1-4-5-7-20-15-12(11-17-6-8-18-2)9-13(16)10-14(15)19-3/h4-5,9-10,17H,6-8,11H2,1-3H3/b5-4+. The lowest BCUT2D eigenvalue weighted by molar-refractivity contribution is 0.199. The molecule has 1 rings (SSSR count). The Morgan fingerprint density at radius 1 is 1.30 bits per heavy atom. The molecule has 0 aromatic heterocycles. The summed E-state index contributed by atoms with van der Waals surface area (Å²) in [7, 11) is 3.28. The van der Waals surface area contributed by atoms with E-state index in [4.69, 9.17) is 25.8 Å². The van der Waals surface area contributed by atoms with Gasteiger partial charge in [0.25, 0.3) is 0 Å². The van der Waals surface area contributed by atoms with Crippen molar-refractivity contribution < 1.29 is 14.2 Å². The molecule has 0 fully saturated rings. The summed E-state index contributed by atoms with van der Waals surface area (Å²) >= 11 is 6.10. The van der Waals surface area contributed by atoms with Gasteiger partial charge in [-0.2, -0.15) is 0 Å². The maximum atomic E-state index is 6.10. The topological polar surface area (TPSA) is 39.7 Å². The van der Waals surface area contributed by atoms with Gasteiger partial charge in [-0.25, -0.2) is 0 Å². The van der Waals surface area contributed by atoms with Gasteiger partial charge in [0.15, 0.2) is 11.5 Å². The highest BCUT2D eigenvalue weighted by atomic mass is 35.5. The lowest BCUT2D eigenvalue weighted by atomic mass is 10.2. The van der Waals surface area contributed by atoms with Crippen molar-refractivity contribution in [1.29, 1.82) is 0 Å². The molecule has 20 heavy (non-hydrogen) atoms. The fraction of sp³-hybridized carbons (Fsp3) is 0.467. The Morgan fingerprint density at radius 3 is 2.75 bits per heavy atom. The van der Waals surface area contributed by atoms with Gasteiger partial charge in [0.2, 0.25) is 0 Å². The molecule has 0 unspecified atom stereocenters. The molecule has 0 atom stereocenters. The molecule has 0 aliphatic carbocycles. The quantitative estimate of drug-likeness (QED) is 0.562. The van der Waals surface area contributed by atoms with E-state index in [2.05, 4.69) is 5.32 Å². The second kappa shape index (κ2) is 9.64. The van der Waals surface area contributed by atoms with Gasteiger partial charge in [-0.15, -0.1) is 0 Å². The van der Waals surface area contributed by atoms with Gasteiger partial charge in [0, 0.05) is 36.9 Å². The summed E-state index contributed by atoms with van der Waals surface area (Å²) in [5.41, 5.74) is 0.968. The number of nitrogens with one attached hydrogen (secondary N) is 1. The van der Waals surface area contributed by atoms with E-state index in [-0.39, 0.29) is 0 Å². The van der Waals surface area contributed by atoms with E-state index in [0.29, 0.717) is 30.5 Å². The number of benzene rings is 1. The molecule has 112 valence electrons. The minimum absolute atomic E-state index is 0.500. The number of halogens is 1. The molecule has 0 saturated heterocycles. The lowest BCUT2D eigenvalue weighted by Gasteiger charge is -2.15. The molecule has 1 N–H and O–H groups in total. The molecule has 5 heteroatoms. The highest BCUT2D eigenvalue weighted by Gasteiger charge is 2.12. The second-order valence-corrected chi connectivity index (χ2v) is 4.58. The zero-order valence-electron chi connectivity index (χ0n) is 12.2. The third-order valence-corrected chi connectivity index (χ3v) is 2.89. The van der Waals surface area contributed by atoms with E-state index in [1.165, 1.54) is 0 Å². The molecule has 0 aliphatic rings. The predicted octanol–water partition coefficient (Wildman–Crippen LogP) is 3.04. The lowest BCUT2D eigenvalue weighted by Crippen LogP contribution is -2.19. The summed E-state index contributed by atoms with van der Waals surface area (Å²) in [6.45, 7) is 4.52. The van der Waals surface area contributed by atoms with E-state index in [1.54, 1.807) is 20.3 Å². The van der Waals surface area contributed by atoms with Crippen LogP contribution in [0.1, 0.15) is 12.5 Å². The van der Waals surface area contributed by atoms with Crippen molar-refractivity contribution in [2.24, 2.45) is 0 Å². The number of methoxy groups -OCH3 is 2. The van der Waals surface area contributed by atoms with Crippen LogP contribution in [0.15, 0.2) is 24.3 Å². The van der Waals surface area contributed by atoms with Crippen LogP contribution in [0.4, 0.5) is 0 Å². The molecule has 0 amide bonds. The number of hydrogen-bond acceptors (Lipinski definition) is 4. The van der Waals surface area contributed by atoms with Crippen LogP contribution < -0.4 is 14.8 Å². The minimum atomic E-state index is 0.500. The maximum absolute atomic E-state index is 6.10. The van der Waals surface area contributed by atoms with Gasteiger partial charge in [0.1, 0.15) is 6.61 Å². The first-order chi connectivity index (χ1) is 9.72. The Hall–Kier alpha value is -1.23. The zero-order valence-corrected chi connectivity index (χ0v) is 13.0. The highest BCUT2D eigenvalue weighted by Crippen LogP contribution is 2.34. The van der Waals surface area contributed by atoms with Gasteiger partial charge in [0.05, 0.1) is 13.7 Å². The van der Waals surface area contributed by atoms with E-state index >= 15 is 0 Å². The fourth-order valence-electron chi connectivity index (χ4n) is 1.69. The first-order valence-electron chi connectivity index (χ1n) is 6.53. The SMILES string of the molecule is C/C=C/COc1c(CNCCOC)cc(Cl)cc1OC. The molecule has 0 saturated carbocycles. The smallest absolute Gasteiger partial charge is 0.166 e. The van der Waals surface area contributed by atoms with E-state index in [1.807, 2.05) is 25.1 Å². The number of allylic oxidation sites excluding steroid dienone is 1.